The number of guanidine groups is 1. The summed E-state index contributed by atoms with van der Waals surface area (Å²) < 4.78 is 11.4. The van der Waals surface area contributed by atoms with Gasteiger partial charge in [0.15, 0.2) is 11.6 Å². The Kier molecular flexibility index (Phi) is 5.83. The van der Waals surface area contributed by atoms with Crippen molar-refractivity contribution in [2.75, 3.05) is 31.1 Å². The van der Waals surface area contributed by atoms with Gasteiger partial charge in [-0.1, -0.05) is 6.07 Å². The molecule has 1 fully saturated rings. The number of ether oxygens (including phenoxy) is 2. The van der Waals surface area contributed by atoms with Crippen LogP contribution in [0.5, 0.6) is 5.75 Å². The zero-order valence-corrected chi connectivity index (χ0v) is 17.3. The van der Waals surface area contributed by atoms with Crippen LogP contribution in [0.25, 0.3) is 0 Å². The third-order valence-corrected chi connectivity index (χ3v) is 6.04. The second-order valence-corrected chi connectivity index (χ2v) is 8.02. The van der Waals surface area contributed by atoms with Gasteiger partial charge in [0, 0.05) is 57.1 Å². The number of nitrogens with two attached hydrogens (primary N) is 1. The van der Waals surface area contributed by atoms with E-state index in [1.54, 1.807) is 12.4 Å². The van der Waals surface area contributed by atoms with Gasteiger partial charge in [0.2, 0.25) is 0 Å². The summed E-state index contributed by atoms with van der Waals surface area (Å²) in [5.41, 5.74) is 8.09. The highest BCUT2D eigenvalue weighted by molar-refractivity contribution is 5.75. The molecular weight excluding hydrogens is 398 g/mol. The molecule has 4 rings (SSSR count). The van der Waals surface area contributed by atoms with Crippen molar-refractivity contribution in [3.63, 3.8) is 0 Å². The highest BCUT2D eigenvalue weighted by atomic mass is 16.7. The average Bonchev–Trinajstić information content (AvgIpc) is 2.78. The molecule has 0 atom stereocenters. The fourth-order valence-electron chi connectivity index (χ4n) is 4.23. The van der Waals surface area contributed by atoms with Crippen LogP contribution >= 0.6 is 0 Å². The lowest BCUT2D eigenvalue weighted by Crippen LogP contribution is -2.50. The Balaban J connectivity index is 1.43. The Morgan fingerprint density at radius 2 is 1.90 bits per heavy atom. The zero-order chi connectivity index (χ0) is 21.8. The second kappa shape index (κ2) is 8.71. The lowest BCUT2D eigenvalue weighted by molar-refractivity contribution is -0.0593. The molecule has 1 saturated heterocycles. The van der Waals surface area contributed by atoms with Crippen LogP contribution in [0.4, 0.5) is 10.5 Å². The standard InChI is InChI=1S/C22H27N5O4/c23-20(24)27-10-5-16-1-2-19(13-17(16)14-27)30-15-22(31-21(28)29)6-11-26(12-7-22)18-3-8-25-9-4-18/h1-4,8-9,13H,5-7,10-12,14-15H2,(H3,23,24)(H,28,29). The molecule has 9 nitrogen and oxygen atoms in total. The SMILES string of the molecule is N=C(N)N1CCc2ccc(OCC3(OC(=O)O)CCN(c4ccncc4)CC3)cc2C1. The third-order valence-electron chi connectivity index (χ3n) is 6.04. The quantitative estimate of drug-likeness (QED) is 0.379. The summed E-state index contributed by atoms with van der Waals surface area (Å²) >= 11 is 0. The number of nitrogens with zero attached hydrogens (tertiary/aromatic N) is 3. The molecule has 31 heavy (non-hydrogen) atoms. The van der Waals surface area contributed by atoms with Crippen molar-refractivity contribution in [1.82, 2.24) is 9.88 Å². The van der Waals surface area contributed by atoms with Crippen LogP contribution in [0.15, 0.2) is 42.7 Å². The number of rotatable bonds is 5. The molecule has 9 heteroatoms. The first-order valence-corrected chi connectivity index (χ1v) is 10.3. The minimum atomic E-state index is -1.29. The maximum absolute atomic E-state index is 11.4. The molecule has 4 N–H and O–H groups in total. The molecule has 0 aliphatic carbocycles. The van der Waals surface area contributed by atoms with E-state index in [0.717, 1.165) is 24.2 Å². The van der Waals surface area contributed by atoms with Crippen LogP contribution in [-0.2, 0) is 17.7 Å². The number of benzene rings is 1. The highest BCUT2D eigenvalue weighted by Gasteiger charge is 2.39. The highest BCUT2D eigenvalue weighted by Crippen LogP contribution is 2.31. The van der Waals surface area contributed by atoms with E-state index in [1.807, 2.05) is 35.2 Å². The summed E-state index contributed by atoms with van der Waals surface area (Å²) in [5.74, 6) is 0.723. The van der Waals surface area contributed by atoms with Gasteiger partial charge >= 0.3 is 6.16 Å². The van der Waals surface area contributed by atoms with Crippen molar-refractivity contribution in [2.45, 2.75) is 31.4 Å². The van der Waals surface area contributed by atoms with Gasteiger partial charge in [-0.2, -0.15) is 0 Å². The van der Waals surface area contributed by atoms with Crippen LogP contribution in [-0.4, -0.2) is 58.9 Å². The Morgan fingerprint density at radius 1 is 1.16 bits per heavy atom. The molecule has 0 radical (unpaired) electrons. The summed E-state index contributed by atoms with van der Waals surface area (Å²) in [4.78, 5) is 19.4. The largest absolute Gasteiger partial charge is 0.506 e. The number of anilines is 1. The van der Waals surface area contributed by atoms with Crippen LogP contribution in [0.3, 0.4) is 0 Å². The molecule has 0 unspecified atom stereocenters. The summed E-state index contributed by atoms with van der Waals surface area (Å²) in [6.45, 7) is 2.78. The normalized spacial score (nSPS) is 17.5. The van der Waals surface area contributed by atoms with E-state index in [1.165, 1.54) is 5.56 Å². The molecule has 0 bridgehead atoms. The molecule has 2 aliphatic rings. The monoisotopic (exact) mass is 425 g/mol. The Labute approximate surface area is 180 Å². The molecule has 164 valence electrons. The molecule has 0 amide bonds. The summed E-state index contributed by atoms with van der Waals surface area (Å²) in [7, 11) is 0. The number of pyridine rings is 1. The molecule has 2 aromatic rings. The van der Waals surface area contributed by atoms with E-state index in [-0.39, 0.29) is 12.6 Å². The van der Waals surface area contributed by atoms with E-state index >= 15 is 0 Å². The van der Waals surface area contributed by atoms with Gasteiger partial charge in [0.25, 0.3) is 0 Å². The number of carboxylic acid groups (broad SMARTS) is 1. The Morgan fingerprint density at radius 3 is 2.58 bits per heavy atom. The summed E-state index contributed by atoms with van der Waals surface area (Å²) in [5, 5.41) is 17.0. The maximum Gasteiger partial charge on any atom is 0.506 e. The van der Waals surface area contributed by atoms with Crippen molar-refractivity contribution >= 4 is 17.8 Å². The first kappa shape index (κ1) is 20.8. The van der Waals surface area contributed by atoms with Gasteiger partial charge in [-0.25, -0.2) is 4.79 Å². The fraction of sp³-hybridized carbons (Fsp3) is 0.409. The number of nitrogens with one attached hydrogen (secondary N) is 1. The first-order valence-electron chi connectivity index (χ1n) is 10.3. The van der Waals surface area contributed by atoms with Gasteiger partial charge in [0.05, 0.1) is 0 Å². The van der Waals surface area contributed by atoms with Gasteiger partial charge < -0.3 is 30.1 Å². The van der Waals surface area contributed by atoms with E-state index in [0.29, 0.717) is 38.2 Å². The molecule has 0 spiro atoms. The molecule has 2 aliphatic heterocycles. The average molecular weight is 425 g/mol. The van der Waals surface area contributed by atoms with E-state index < -0.39 is 11.8 Å². The van der Waals surface area contributed by atoms with Crippen molar-refractivity contribution in [3.8, 4) is 5.75 Å². The van der Waals surface area contributed by atoms with E-state index in [2.05, 4.69) is 9.88 Å². The molecule has 3 heterocycles. The minimum absolute atomic E-state index is 0.0618. The zero-order valence-electron chi connectivity index (χ0n) is 17.3. The number of hydrogen-bond acceptors (Lipinski definition) is 6. The van der Waals surface area contributed by atoms with Crippen molar-refractivity contribution in [1.29, 1.82) is 5.41 Å². The van der Waals surface area contributed by atoms with Crippen LogP contribution < -0.4 is 15.4 Å². The predicted octanol–water partition coefficient (Wildman–Crippen LogP) is 2.45. The van der Waals surface area contributed by atoms with Gasteiger partial charge in [-0.05, 0) is 41.8 Å². The summed E-state index contributed by atoms with van der Waals surface area (Å²) in [6, 6.07) is 9.77. The molecule has 0 saturated carbocycles. The first-order chi connectivity index (χ1) is 14.9. The lowest BCUT2D eigenvalue weighted by Gasteiger charge is -2.41. The van der Waals surface area contributed by atoms with Gasteiger partial charge in [0.1, 0.15) is 12.4 Å². The van der Waals surface area contributed by atoms with Gasteiger partial charge in [-0.15, -0.1) is 0 Å². The summed E-state index contributed by atoms with van der Waals surface area (Å²) in [6.07, 6.45) is 4.10. The number of carbonyl (C=O) groups is 1. The topological polar surface area (TPSA) is 125 Å². The van der Waals surface area contributed by atoms with E-state index in [4.69, 9.17) is 20.6 Å². The second-order valence-electron chi connectivity index (χ2n) is 8.02. The van der Waals surface area contributed by atoms with Crippen LogP contribution in [0, 0.1) is 5.41 Å². The number of aromatic nitrogens is 1. The molecule has 1 aromatic carbocycles. The minimum Gasteiger partial charge on any atom is -0.489 e. The van der Waals surface area contributed by atoms with Crippen molar-refractivity contribution in [3.05, 3.63) is 53.9 Å². The Hall–Kier alpha value is -3.49. The van der Waals surface area contributed by atoms with Crippen molar-refractivity contribution in [2.24, 2.45) is 5.73 Å². The fourth-order valence-corrected chi connectivity index (χ4v) is 4.23. The van der Waals surface area contributed by atoms with Crippen LogP contribution in [0.1, 0.15) is 24.0 Å². The number of hydrogen-bond donors (Lipinski definition) is 3. The third kappa shape index (κ3) is 4.82. The number of piperidine rings is 1. The smallest absolute Gasteiger partial charge is 0.489 e. The Bertz CT molecular complexity index is 944. The molecular formula is C22H27N5O4. The number of fused-ring (bicyclic) bond motifs is 1. The maximum atomic E-state index is 11.4. The molecule has 1 aromatic heterocycles. The van der Waals surface area contributed by atoms with Gasteiger partial charge in [-0.3, -0.25) is 10.4 Å². The van der Waals surface area contributed by atoms with Crippen molar-refractivity contribution < 1.29 is 19.4 Å². The predicted molar refractivity (Wildman–Crippen MR) is 115 cm³/mol. The van der Waals surface area contributed by atoms with E-state index in [9.17, 15) is 9.90 Å². The lowest BCUT2D eigenvalue weighted by atomic mass is 9.91. The van der Waals surface area contributed by atoms with Crippen LogP contribution in [0.2, 0.25) is 0 Å².